The van der Waals surface area contributed by atoms with Crippen LogP contribution in [0, 0.1) is 0 Å². The molecule has 3 rings (SSSR count). The minimum Gasteiger partial charge on any atom is -0.497 e. The molecule has 0 spiro atoms. The number of likely N-dealkylation sites (N-methyl/N-ethyl adjacent to an activating group) is 1. The van der Waals surface area contributed by atoms with Gasteiger partial charge in [-0.3, -0.25) is 9.69 Å². The molecule has 0 aromatic heterocycles. The van der Waals surface area contributed by atoms with Gasteiger partial charge in [-0.25, -0.2) is 0 Å². The van der Waals surface area contributed by atoms with Crippen molar-refractivity contribution in [3.05, 3.63) is 102 Å². The molecule has 4 nitrogen and oxygen atoms in total. The topological polar surface area (TPSA) is 41.6 Å². The van der Waals surface area contributed by atoms with Gasteiger partial charge in [-0.15, -0.1) is 0 Å². The first-order valence-electron chi connectivity index (χ1n) is 9.84. The Morgan fingerprint density at radius 2 is 1.52 bits per heavy atom. The lowest BCUT2D eigenvalue weighted by Gasteiger charge is -2.22. The molecule has 0 saturated carbocycles. The summed E-state index contributed by atoms with van der Waals surface area (Å²) in [7, 11) is 3.61. The predicted molar refractivity (Wildman–Crippen MR) is 117 cm³/mol. The molecule has 3 aromatic rings. The van der Waals surface area contributed by atoms with Crippen molar-refractivity contribution in [3.8, 4) is 5.75 Å². The maximum atomic E-state index is 12.7. The molecule has 3 aromatic carbocycles. The highest BCUT2D eigenvalue weighted by atomic mass is 16.5. The summed E-state index contributed by atoms with van der Waals surface area (Å²) < 4.78 is 5.20. The molecule has 1 atom stereocenters. The predicted octanol–water partition coefficient (Wildman–Crippen LogP) is 4.23. The van der Waals surface area contributed by atoms with Crippen molar-refractivity contribution < 1.29 is 9.53 Å². The Morgan fingerprint density at radius 3 is 2.14 bits per heavy atom. The highest BCUT2D eigenvalue weighted by Crippen LogP contribution is 2.18. The lowest BCUT2D eigenvalue weighted by Crippen LogP contribution is -2.37. The Morgan fingerprint density at radius 1 is 0.897 bits per heavy atom. The summed E-state index contributed by atoms with van der Waals surface area (Å²) in [6.45, 7) is 1.04. The molecule has 29 heavy (non-hydrogen) atoms. The molecule has 0 aliphatic carbocycles. The molecule has 0 fully saturated rings. The molecule has 4 heteroatoms. The van der Waals surface area contributed by atoms with Crippen LogP contribution in [0.5, 0.6) is 5.75 Å². The van der Waals surface area contributed by atoms with Crippen LogP contribution in [0.25, 0.3) is 0 Å². The van der Waals surface area contributed by atoms with Crippen LogP contribution in [0.3, 0.4) is 0 Å². The molecule has 1 amide bonds. The Hall–Kier alpha value is -3.11. The average Bonchev–Trinajstić information content (AvgIpc) is 2.75. The van der Waals surface area contributed by atoms with Gasteiger partial charge >= 0.3 is 0 Å². The lowest BCUT2D eigenvalue weighted by molar-refractivity contribution is -0.122. The SMILES string of the molecule is COc1ccc(CN(C)CC(=O)N[C@H](Cc2ccccc2)c2ccccc2)cc1. The van der Waals surface area contributed by atoms with Gasteiger partial charge in [0.2, 0.25) is 5.91 Å². The van der Waals surface area contributed by atoms with E-state index in [2.05, 4.69) is 29.6 Å². The van der Waals surface area contributed by atoms with Crippen LogP contribution in [0.1, 0.15) is 22.7 Å². The van der Waals surface area contributed by atoms with E-state index in [0.717, 1.165) is 23.3 Å². The van der Waals surface area contributed by atoms with Gasteiger partial charge < -0.3 is 10.1 Å². The third-order valence-electron chi connectivity index (χ3n) is 4.84. The van der Waals surface area contributed by atoms with E-state index in [0.29, 0.717) is 13.1 Å². The number of hydrogen-bond donors (Lipinski definition) is 1. The zero-order valence-electron chi connectivity index (χ0n) is 17.0. The normalized spacial score (nSPS) is 11.8. The van der Waals surface area contributed by atoms with E-state index in [1.54, 1.807) is 7.11 Å². The third-order valence-corrected chi connectivity index (χ3v) is 4.84. The summed E-state index contributed by atoms with van der Waals surface area (Å²) >= 11 is 0. The van der Waals surface area contributed by atoms with Crippen LogP contribution in [-0.2, 0) is 17.8 Å². The van der Waals surface area contributed by atoms with Crippen LogP contribution in [0.4, 0.5) is 0 Å². The van der Waals surface area contributed by atoms with Crippen molar-refractivity contribution in [2.24, 2.45) is 0 Å². The second-order valence-corrected chi connectivity index (χ2v) is 7.24. The van der Waals surface area contributed by atoms with E-state index < -0.39 is 0 Å². The number of benzene rings is 3. The molecule has 0 aliphatic rings. The molecule has 0 radical (unpaired) electrons. The summed E-state index contributed by atoms with van der Waals surface area (Å²) in [4.78, 5) is 14.8. The Labute approximate surface area is 173 Å². The van der Waals surface area contributed by atoms with E-state index in [4.69, 9.17) is 4.74 Å². The molecular formula is C25H28N2O2. The van der Waals surface area contributed by atoms with Gasteiger partial charge in [0, 0.05) is 6.54 Å². The van der Waals surface area contributed by atoms with Crippen LogP contribution in [0.15, 0.2) is 84.9 Å². The monoisotopic (exact) mass is 388 g/mol. The number of nitrogens with zero attached hydrogens (tertiary/aromatic N) is 1. The van der Waals surface area contributed by atoms with Gasteiger partial charge in [0.25, 0.3) is 0 Å². The van der Waals surface area contributed by atoms with Gasteiger partial charge in [0.15, 0.2) is 0 Å². The average molecular weight is 389 g/mol. The summed E-state index contributed by atoms with van der Waals surface area (Å²) in [6.07, 6.45) is 0.763. The number of amides is 1. The minimum atomic E-state index is -0.0551. The maximum absolute atomic E-state index is 12.7. The molecule has 150 valence electrons. The van der Waals surface area contributed by atoms with Gasteiger partial charge in [-0.1, -0.05) is 72.8 Å². The molecule has 0 unspecified atom stereocenters. The zero-order chi connectivity index (χ0) is 20.5. The van der Waals surface area contributed by atoms with Gasteiger partial charge in [0.1, 0.15) is 5.75 Å². The minimum absolute atomic E-state index is 0.0193. The largest absolute Gasteiger partial charge is 0.497 e. The van der Waals surface area contributed by atoms with Crippen molar-refractivity contribution in [1.29, 1.82) is 0 Å². The van der Waals surface area contributed by atoms with Crippen molar-refractivity contribution in [2.75, 3.05) is 20.7 Å². The molecule has 0 saturated heterocycles. The lowest BCUT2D eigenvalue weighted by atomic mass is 9.99. The molecular weight excluding hydrogens is 360 g/mol. The van der Waals surface area contributed by atoms with Crippen molar-refractivity contribution in [2.45, 2.75) is 19.0 Å². The molecule has 1 N–H and O–H groups in total. The fourth-order valence-corrected chi connectivity index (χ4v) is 3.37. The first-order chi connectivity index (χ1) is 14.1. The number of carbonyl (C=O) groups excluding carboxylic acids is 1. The first-order valence-corrected chi connectivity index (χ1v) is 9.84. The Bertz CT molecular complexity index is 880. The number of hydrogen-bond acceptors (Lipinski definition) is 3. The summed E-state index contributed by atoms with van der Waals surface area (Å²) in [5.74, 6) is 0.853. The number of methoxy groups -OCH3 is 1. The smallest absolute Gasteiger partial charge is 0.234 e. The number of ether oxygens (including phenoxy) is 1. The third kappa shape index (κ3) is 6.47. The van der Waals surface area contributed by atoms with Gasteiger partial charge in [0.05, 0.1) is 19.7 Å². The van der Waals surface area contributed by atoms with Crippen molar-refractivity contribution in [3.63, 3.8) is 0 Å². The summed E-state index contributed by atoms with van der Waals surface area (Å²) in [6, 6.07) is 28.3. The standard InChI is InChI=1S/C25H28N2O2/c1-27(18-21-13-15-23(29-2)16-14-21)19-25(28)26-24(22-11-7-4-8-12-22)17-20-9-5-3-6-10-20/h3-16,24H,17-19H2,1-2H3,(H,26,28)/t24-/m1/s1. The first kappa shape index (κ1) is 20.6. The Balaban J connectivity index is 1.61. The van der Waals surface area contributed by atoms with E-state index >= 15 is 0 Å². The second-order valence-electron chi connectivity index (χ2n) is 7.24. The van der Waals surface area contributed by atoms with Crippen LogP contribution < -0.4 is 10.1 Å². The quantitative estimate of drug-likeness (QED) is 0.597. The zero-order valence-corrected chi connectivity index (χ0v) is 17.0. The van der Waals surface area contributed by atoms with Crippen LogP contribution in [0.2, 0.25) is 0 Å². The number of nitrogens with one attached hydrogen (secondary N) is 1. The summed E-state index contributed by atoms with van der Waals surface area (Å²) in [5.41, 5.74) is 3.46. The maximum Gasteiger partial charge on any atom is 0.234 e. The molecule has 0 heterocycles. The summed E-state index contributed by atoms with van der Waals surface area (Å²) in [5, 5.41) is 3.22. The van der Waals surface area contributed by atoms with E-state index in [9.17, 15) is 4.79 Å². The molecule has 0 aliphatic heterocycles. The van der Waals surface area contributed by atoms with Gasteiger partial charge in [-0.2, -0.15) is 0 Å². The highest BCUT2D eigenvalue weighted by molar-refractivity contribution is 5.78. The second kappa shape index (κ2) is 10.4. The van der Waals surface area contributed by atoms with E-state index in [1.165, 1.54) is 5.56 Å². The van der Waals surface area contributed by atoms with Crippen LogP contribution >= 0.6 is 0 Å². The fraction of sp³-hybridized carbons (Fsp3) is 0.240. The van der Waals surface area contributed by atoms with E-state index in [1.807, 2.05) is 72.6 Å². The Kier molecular flexibility index (Phi) is 7.42. The van der Waals surface area contributed by atoms with Gasteiger partial charge in [-0.05, 0) is 42.3 Å². The molecule has 0 bridgehead atoms. The van der Waals surface area contributed by atoms with Crippen molar-refractivity contribution >= 4 is 5.91 Å². The van der Waals surface area contributed by atoms with Crippen LogP contribution in [-0.4, -0.2) is 31.5 Å². The highest BCUT2D eigenvalue weighted by Gasteiger charge is 2.16. The van der Waals surface area contributed by atoms with E-state index in [-0.39, 0.29) is 11.9 Å². The number of carbonyl (C=O) groups is 1. The van der Waals surface area contributed by atoms with Crippen molar-refractivity contribution in [1.82, 2.24) is 10.2 Å². The number of rotatable bonds is 9. The fourth-order valence-electron chi connectivity index (χ4n) is 3.37.